The van der Waals surface area contributed by atoms with Crippen molar-refractivity contribution in [2.45, 2.75) is 4.90 Å². The maximum atomic E-state index is 12.9. The monoisotopic (exact) mass is 315 g/mol. The molecule has 0 amide bonds. The molecule has 0 heterocycles. The first kappa shape index (κ1) is 14.6. The largest absolute Gasteiger partial charge is 0.495 e. The van der Waals surface area contributed by atoms with Gasteiger partial charge in [-0.25, -0.2) is 12.8 Å². The van der Waals surface area contributed by atoms with E-state index in [9.17, 15) is 12.8 Å². The second-order valence-corrected chi connectivity index (χ2v) is 5.94. The van der Waals surface area contributed by atoms with Crippen LogP contribution >= 0.6 is 11.6 Å². The molecule has 0 saturated carbocycles. The van der Waals surface area contributed by atoms with Crippen LogP contribution < -0.4 is 9.46 Å². The molecule has 0 unspecified atom stereocenters. The molecule has 2 aromatic rings. The highest BCUT2D eigenvalue weighted by Gasteiger charge is 2.20. The highest BCUT2D eigenvalue weighted by Crippen LogP contribution is 2.28. The van der Waals surface area contributed by atoms with Gasteiger partial charge < -0.3 is 4.74 Å². The zero-order valence-corrected chi connectivity index (χ0v) is 12.0. The Kier molecular flexibility index (Phi) is 4.15. The van der Waals surface area contributed by atoms with Gasteiger partial charge in [0.05, 0.1) is 17.8 Å². The van der Waals surface area contributed by atoms with Crippen LogP contribution in [-0.4, -0.2) is 15.5 Å². The fourth-order valence-electron chi connectivity index (χ4n) is 1.61. The molecule has 2 aromatic carbocycles. The van der Waals surface area contributed by atoms with E-state index in [1.54, 1.807) is 12.1 Å². The standard InChI is InChI=1S/C13H11ClFNO3S/c1-19-12-4-2-3-5-13(12)20(17,18)16-11-7-6-9(15)8-10(11)14/h2-8,16H,1H3. The molecule has 20 heavy (non-hydrogen) atoms. The number of sulfonamides is 1. The minimum absolute atomic E-state index is 0.0246. The number of nitrogens with one attached hydrogen (secondary N) is 1. The number of benzene rings is 2. The summed E-state index contributed by atoms with van der Waals surface area (Å²) in [6.45, 7) is 0. The van der Waals surface area contributed by atoms with Crippen LogP contribution in [0.3, 0.4) is 0 Å². The maximum Gasteiger partial charge on any atom is 0.265 e. The molecule has 0 radical (unpaired) electrons. The van der Waals surface area contributed by atoms with Gasteiger partial charge in [-0.3, -0.25) is 4.72 Å². The minimum Gasteiger partial charge on any atom is -0.495 e. The van der Waals surface area contributed by atoms with Crippen molar-refractivity contribution < 1.29 is 17.5 Å². The van der Waals surface area contributed by atoms with Crippen LogP contribution in [0, 0.1) is 5.82 Å². The Labute approximate surface area is 121 Å². The summed E-state index contributed by atoms with van der Waals surface area (Å²) in [6, 6.07) is 9.56. The quantitative estimate of drug-likeness (QED) is 0.942. The fraction of sp³-hybridized carbons (Fsp3) is 0.0769. The van der Waals surface area contributed by atoms with Gasteiger partial charge in [0.2, 0.25) is 0 Å². The topological polar surface area (TPSA) is 55.4 Å². The third kappa shape index (κ3) is 3.02. The van der Waals surface area contributed by atoms with Crippen LogP contribution in [0.1, 0.15) is 0 Å². The van der Waals surface area contributed by atoms with E-state index >= 15 is 0 Å². The number of hydrogen-bond donors (Lipinski definition) is 1. The zero-order chi connectivity index (χ0) is 14.8. The molecule has 0 bridgehead atoms. The Bertz CT molecular complexity index is 734. The Balaban J connectivity index is 2.41. The molecule has 0 aliphatic carbocycles. The first-order valence-electron chi connectivity index (χ1n) is 5.55. The van der Waals surface area contributed by atoms with Gasteiger partial charge in [-0.15, -0.1) is 0 Å². The Morgan fingerprint density at radius 3 is 2.55 bits per heavy atom. The third-order valence-electron chi connectivity index (χ3n) is 2.53. The lowest BCUT2D eigenvalue weighted by Gasteiger charge is -2.12. The molecule has 0 saturated heterocycles. The average molecular weight is 316 g/mol. The summed E-state index contributed by atoms with van der Waals surface area (Å²) in [5, 5.41) is -0.0246. The van der Waals surface area contributed by atoms with Crippen molar-refractivity contribution in [1.29, 1.82) is 0 Å². The van der Waals surface area contributed by atoms with Gasteiger partial charge in [0.1, 0.15) is 16.5 Å². The summed E-state index contributed by atoms with van der Waals surface area (Å²) in [5.41, 5.74) is 0.0963. The molecule has 7 heteroatoms. The van der Waals surface area contributed by atoms with Crippen molar-refractivity contribution in [3.8, 4) is 5.75 Å². The number of para-hydroxylation sites is 1. The van der Waals surface area contributed by atoms with Crippen LogP contribution in [0.25, 0.3) is 0 Å². The van der Waals surface area contributed by atoms with Gasteiger partial charge in [-0.05, 0) is 30.3 Å². The SMILES string of the molecule is COc1ccccc1S(=O)(=O)Nc1ccc(F)cc1Cl. The lowest BCUT2D eigenvalue weighted by Crippen LogP contribution is -2.14. The first-order valence-corrected chi connectivity index (χ1v) is 7.41. The van der Waals surface area contributed by atoms with Crippen LogP contribution in [0.2, 0.25) is 5.02 Å². The van der Waals surface area contributed by atoms with E-state index in [2.05, 4.69) is 4.72 Å². The molecule has 0 aromatic heterocycles. The summed E-state index contributed by atoms with van der Waals surface area (Å²) in [6.07, 6.45) is 0. The molecule has 0 atom stereocenters. The van der Waals surface area contributed by atoms with Gasteiger partial charge in [0.15, 0.2) is 0 Å². The number of rotatable bonds is 4. The van der Waals surface area contributed by atoms with Gasteiger partial charge in [0.25, 0.3) is 10.0 Å². The average Bonchev–Trinajstić information content (AvgIpc) is 2.42. The Morgan fingerprint density at radius 2 is 1.90 bits per heavy atom. The van der Waals surface area contributed by atoms with Crippen LogP contribution in [0.4, 0.5) is 10.1 Å². The third-order valence-corrected chi connectivity index (χ3v) is 4.25. The zero-order valence-electron chi connectivity index (χ0n) is 10.4. The summed E-state index contributed by atoms with van der Waals surface area (Å²) in [5.74, 6) is -0.339. The van der Waals surface area contributed by atoms with Crippen LogP contribution in [0.15, 0.2) is 47.4 Å². The van der Waals surface area contributed by atoms with Gasteiger partial charge >= 0.3 is 0 Å². The van der Waals surface area contributed by atoms with Crippen molar-refractivity contribution in [3.63, 3.8) is 0 Å². The van der Waals surface area contributed by atoms with Crippen molar-refractivity contribution in [1.82, 2.24) is 0 Å². The molecular formula is C13H11ClFNO3S. The lowest BCUT2D eigenvalue weighted by molar-refractivity contribution is 0.403. The van der Waals surface area contributed by atoms with E-state index < -0.39 is 15.8 Å². The fourth-order valence-corrected chi connectivity index (χ4v) is 3.13. The smallest absolute Gasteiger partial charge is 0.265 e. The normalized spacial score (nSPS) is 11.2. The van der Waals surface area contributed by atoms with Gasteiger partial charge in [0, 0.05) is 0 Å². The molecular weight excluding hydrogens is 305 g/mol. The van der Waals surface area contributed by atoms with Gasteiger partial charge in [-0.2, -0.15) is 0 Å². The molecule has 1 N–H and O–H groups in total. The predicted octanol–water partition coefficient (Wildman–Crippen LogP) is 3.29. The van der Waals surface area contributed by atoms with E-state index in [0.717, 1.165) is 12.1 Å². The summed E-state index contributed by atoms with van der Waals surface area (Å²) in [7, 11) is -2.50. The molecule has 0 spiro atoms. The molecule has 0 fully saturated rings. The van der Waals surface area contributed by atoms with Crippen molar-refractivity contribution in [2.75, 3.05) is 11.8 Å². The number of methoxy groups -OCH3 is 1. The second kappa shape index (κ2) is 5.68. The van der Waals surface area contributed by atoms with Crippen molar-refractivity contribution in [3.05, 3.63) is 53.3 Å². The molecule has 2 rings (SSSR count). The van der Waals surface area contributed by atoms with Crippen molar-refractivity contribution in [2.24, 2.45) is 0 Å². The van der Waals surface area contributed by atoms with E-state index in [-0.39, 0.29) is 21.4 Å². The Hall–Kier alpha value is -1.79. The molecule has 4 nitrogen and oxygen atoms in total. The maximum absolute atomic E-state index is 12.9. The summed E-state index contributed by atoms with van der Waals surface area (Å²) in [4.78, 5) is -0.0251. The highest BCUT2D eigenvalue weighted by atomic mass is 35.5. The van der Waals surface area contributed by atoms with Crippen LogP contribution in [0.5, 0.6) is 5.75 Å². The summed E-state index contributed by atoms with van der Waals surface area (Å²) >= 11 is 5.80. The number of anilines is 1. The van der Waals surface area contributed by atoms with E-state index in [4.69, 9.17) is 16.3 Å². The lowest BCUT2D eigenvalue weighted by atomic mass is 10.3. The first-order chi connectivity index (χ1) is 9.44. The molecule has 106 valence electrons. The number of hydrogen-bond acceptors (Lipinski definition) is 3. The van der Waals surface area contributed by atoms with E-state index in [0.29, 0.717) is 0 Å². The van der Waals surface area contributed by atoms with Crippen molar-refractivity contribution >= 4 is 27.3 Å². The Morgan fingerprint density at radius 1 is 1.20 bits per heavy atom. The second-order valence-electron chi connectivity index (χ2n) is 3.88. The predicted molar refractivity (Wildman–Crippen MR) is 75.2 cm³/mol. The van der Waals surface area contributed by atoms with E-state index in [1.165, 1.54) is 25.3 Å². The summed E-state index contributed by atoms with van der Waals surface area (Å²) < 4.78 is 44.8. The van der Waals surface area contributed by atoms with E-state index in [1.807, 2.05) is 0 Å². The van der Waals surface area contributed by atoms with Gasteiger partial charge in [-0.1, -0.05) is 23.7 Å². The number of ether oxygens (including phenoxy) is 1. The highest BCUT2D eigenvalue weighted by molar-refractivity contribution is 7.92. The molecule has 0 aliphatic rings. The number of halogens is 2. The molecule has 0 aliphatic heterocycles. The van der Waals surface area contributed by atoms with Crippen LogP contribution in [-0.2, 0) is 10.0 Å². The minimum atomic E-state index is -3.87.